The van der Waals surface area contributed by atoms with Crippen molar-refractivity contribution in [2.24, 2.45) is 7.05 Å². The molecule has 0 bridgehead atoms. The van der Waals surface area contributed by atoms with E-state index in [1.807, 2.05) is 17.9 Å². The molecule has 0 aliphatic carbocycles. The van der Waals surface area contributed by atoms with Gasteiger partial charge in [-0.05, 0) is 18.5 Å². The van der Waals surface area contributed by atoms with Gasteiger partial charge in [-0.15, -0.1) is 24.8 Å². The van der Waals surface area contributed by atoms with Crippen molar-refractivity contribution in [2.45, 2.75) is 13.0 Å². The molecule has 12 heavy (non-hydrogen) atoms. The fourth-order valence-electron chi connectivity index (χ4n) is 1.37. The Kier molecular flexibility index (Phi) is 4.60. The minimum Gasteiger partial charge on any atom is -0.311 e. The van der Waals surface area contributed by atoms with Crippen LogP contribution in [0.4, 0.5) is 0 Å². The van der Waals surface area contributed by atoms with Gasteiger partial charge in [0.2, 0.25) is 0 Å². The lowest BCUT2D eigenvalue weighted by Crippen LogP contribution is -2.24. The SMILES string of the molecule is Cl.Cl.Cn1ncc2c1CNCC2. The lowest BCUT2D eigenvalue weighted by atomic mass is 10.1. The molecular formula is C7H13Cl2N3. The average Bonchev–Trinajstić information content (AvgIpc) is 2.34. The number of hydrogen-bond acceptors (Lipinski definition) is 2. The van der Waals surface area contributed by atoms with Gasteiger partial charge in [0.1, 0.15) is 0 Å². The van der Waals surface area contributed by atoms with Crippen molar-refractivity contribution in [1.29, 1.82) is 0 Å². The lowest BCUT2D eigenvalue weighted by Gasteiger charge is -2.12. The molecule has 2 rings (SSSR count). The Hall–Kier alpha value is -0.250. The number of halogens is 2. The largest absolute Gasteiger partial charge is 0.311 e. The van der Waals surface area contributed by atoms with E-state index in [4.69, 9.17) is 0 Å². The monoisotopic (exact) mass is 209 g/mol. The highest BCUT2D eigenvalue weighted by Crippen LogP contribution is 2.10. The highest BCUT2D eigenvalue weighted by molar-refractivity contribution is 5.85. The second kappa shape index (κ2) is 4.70. The van der Waals surface area contributed by atoms with Crippen LogP contribution in [0.15, 0.2) is 6.20 Å². The molecule has 0 amide bonds. The molecule has 1 aliphatic heterocycles. The molecule has 2 heterocycles. The minimum absolute atomic E-state index is 0. The predicted molar refractivity (Wildman–Crippen MR) is 53.1 cm³/mol. The van der Waals surface area contributed by atoms with Gasteiger partial charge in [0, 0.05) is 13.6 Å². The number of nitrogens with zero attached hydrogens (tertiary/aromatic N) is 2. The summed E-state index contributed by atoms with van der Waals surface area (Å²) in [5, 5.41) is 7.48. The van der Waals surface area contributed by atoms with Gasteiger partial charge in [0.25, 0.3) is 0 Å². The molecule has 1 aromatic rings. The van der Waals surface area contributed by atoms with E-state index in [-0.39, 0.29) is 24.8 Å². The van der Waals surface area contributed by atoms with E-state index in [1.54, 1.807) is 0 Å². The fourth-order valence-corrected chi connectivity index (χ4v) is 1.37. The van der Waals surface area contributed by atoms with Crippen molar-refractivity contribution in [1.82, 2.24) is 15.1 Å². The van der Waals surface area contributed by atoms with Crippen molar-refractivity contribution in [2.75, 3.05) is 6.54 Å². The molecule has 0 aromatic carbocycles. The summed E-state index contributed by atoms with van der Waals surface area (Å²) in [6.07, 6.45) is 3.10. The fraction of sp³-hybridized carbons (Fsp3) is 0.571. The first-order valence-electron chi connectivity index (χ1n) is 3.58. The summed E-state index contributed by atoms with van der Waals surface area (Å²) in [5.74, 6) is 0. The molecule has 0 atom stereocenters. The van der Waals surface area contributed by atoms with Crippen LogP contribution in [0.25, 0.3) is 0 Å². The Balaban J connectivity index is 0.000000605. The topological polar surface area (TPSA) is 29.9 Å². The zero-order valence-corrected chi connectivity index (χ0v) is 8.54. The smallest absolute Gasteiger partial charge is 0.0551 e. The number of fused-ring (bicyclic) bond motifs is 1. The van der Waals surface area contributed by atoms with Crippen molar-refractivity contribution >= 4 is 24.8 Å². The third-order valence-electron chi connectivity index (χ3n) is 2.01. The Bertz CT molecular complexity index is 247. The molecule has 1 aromatic heterocycles. The van der Waals surface area contributed by atoms with Crippen molar-refractivity contribution in [3.05, 3.63) is 17.5 Å². The van der Waals surface area contributed by atoms with E-state index in [2.05, 4.69) is 10.4 Å². The quantitative estimate of drug-likeness (QED) is 0.689. The Morgan fingerprint density at radius 2 is 2.25 bits per heavy atom. The molecule has 1 N–H and O–H groups in total. The van der Waals surface area contributed by atoms with Gasteiger partial charge < -0.3 is 5.32 Å². The minimum atomic E-state index is 0. The number of rotatable bonds is 0. The van der Waals surface area contributed by atoms with Gasteiger partial charge in [0.15, 0.2) is 0 Å². The molecular weight excluding hydrogens is 197 g/mol. The highest BCUT2D eigenvalue weighted by Gasteiger charge is 2.11. The van der Waals surface area contributed by atoms with Crippen molar-refractivity contribution in [3.63, 3.8) is 0 Å². The van der Waals surface area contributed by atoms with Crippen molar-refractivity contribution in [3.8, 4) is 0 Å². The van der Waals surface area contributed by atoms with Crippen LogP contribution in [0, 0.1) is 0 Å². The summed E-state index contributed by atoms with van der Waals surface area (Å²) in [6.45, 7) is 2.07. The third-order valence-corrected chi connectivity index (χ3v) is 2.01. The van der Waals surface area contributed by atoms with Crippen LogP contribution < -0.4 is 5.32 Å². The standard InChI is InChI=1S/C7H11N3.2ClH/c1-10-7-5-8-3-2-6(7)4-9-10;;/h4,8H,2-3,5H2,1H3;2*1H. The van der Waals surface area contributed by atoms with Crippen LogP contribution >= 0.6 is 24.8 Å². The Morgan fingerprint density at radius 3 is 2.92 bits per heavy atom. The Labute approximate surface area is 84.3 Å². The molecule has 0 spiro atoms. The molecule has 0 radical (unpaired) electrons. The highest BCUT2D eigenvalue weighted by atomic mass is 35.5. The van der Waals surface area contributed by atoms with Gasteiger partial charge in [0.05, 0.1) is 11.9 Å². The summed E-state index contributed by atoms with van der Waals surface area (Å²) in [7, 11) is 1.99. The van der Waals surface area contributed by atoms with Gasteiger partial charge in [-0.3, -0.25) is 4.68 Å². The third kappa shape index (κ3) is 1.91. The predicted octanol–water partition coefficient (Wildman–Crippen LogP) is 0.909. The second-order valence-corrected chi connectivity index (χ2v) is 2.67. The summed E-state index contributed by atoms with van der Waals surface area (Å²) in [5.41, 5.74) is 2.74. The van der Waals surface area contributed by atoms with E-state index >= 15 is 0 Å². The summed E-state index contributed by atoms with van der Waals surface area (Å²) >= 11 is 0. The zero-order chi connectivity index (χ0) is 6.97. The van der Waals surface area contributed by atoms with E-state index in [9.17, 15) is 0 Å². The van der Waals surface area contributed by atoms with Crippen LogP contribution in [0.3, 0.4) is 0 Å². The first kappa shape index (κ1) is 11.8. The maximum absolute atomic E-state index is 4.17. The van der Waals surface area contributed by atoms with Crippen LogP contribution in [-0.2, 0) is 20.0 Å². The number of aromatic nitrogens is 2. The zero-order valence-electron chi connectivity index (χ0n) is 6.91. The van der Waals surface area contributed by atoms with Crippen LogP contribution in [0.1, 0.15) is 11.3 Å². The molecule has 70 valence electrons. The van der Waals surface area contributed by atoms with Crippen LogP contribution in [0.5, 0.6) is 0 Å². The summed E-state index contributed by atoms with van der Waals surface area (Å²) < 4.78 is 1.95. The first-order chi connectivity index (χ1) is 4.88. The van der Waals surface area contributed by atoms with E-state index in [0.717, 1.165) is 19.5 Å². The molecule has 5 heteroatoms. The number of nitrogens with one attached hydrogen (secondary N) is 1. The number of hydrogen-bond donors (Lipinski definition) is 1. The molecule has 0 fully saturated rings. The second-order valence-electron chi connectivity index (χ2n) is 2.67. The maximum atomic E-state index is 4.17. The molecule has 0 unspecified atom stereocenters. The van der Waals surface area contributed by atoms with Gasteiger partial charge in [-0.2, -0.15) is 5.10 Å². The Morgan fingerprint density at radius 1 is 1.50 bits per heavy atom. The van der Waals surface area contributed by atoms with E-state index in [0.29, 0.717) is 0 Å². The first-order valence-corrected chi connectivity index (χ1v) is 3.58. The van der Waals surface area contributed by atoms with Gasteiger partial charge in [-0.25, -0.2) is 0 Å². The van der Waals surface area contributed by atoms with Crippen LogP contribution in [-0.4, -0.2) is 16.3 Å². The lowest BCUT2D eigenvalue weighted by molar-refractivity contribution is 0.593. The molecule has 0 saturated carbocycles. The van der Waals surface area contributed by atoms with E-state index in [1.165, 1.54) is 11.3 Å². The molecule has 0 saturated heterocycles. The summed E-state index contributed by atoms with van der Waals surface area (Å²) in [4.78, 5) is 0. The maximum Gasteiger partial charge on any atom is 0.0551 e. The van der Waals surface area contributed by atoms with Gasteiger partial charge in [-0.1, -0.05) is 0 Å². The normalized spacial score (nSPS) is 14.1. The van der Waals surface area contributed by atoms with E-state index < -0.39 is 0 Å². The van der Waals surface area contributed by atoms with Crippen molar-refractivity contribution < 1.29 is 0 Å². The molecule has 3 nitrogen and oxygen atoms in total. The number of aryl methyl sites for hydroxylation is 1. The van der Waals surface area contributed by atoms with Crippen LogP contribution in [0.2, 0.25) is 0 Å². The van der Waals surface area contributed by atoms with Gasteiger partial charge >= 0.3 is 0 Å². The average molecular weight is 210 g/mol. The molecule has 1 aliphatic rings. The summed E-state index contributed by atoms with van der Waals surface area (Å²) in [6, 6.07) is 0.